The van der Waals surface area contributed by atoms with Crippen molar-refractivity contribution in [1.82, 2.24) is 10.6 Å². The van der Waals surface area contributed by atoms with Gasteiger partial charge in [0.2, 0.25) is 0 Å². The largest absolute Gasteiger partial charge is 0.493 e. The molecule has 0 unspecified atom stereocenters. The number of rotatable bonds is 7. The number of hydrogen-bond donors (Lipinski definition) is 2. The first-order chi connectivity index (χ1) is 12.6. The zero-order valence-corrected chi connectivity index (χ0v) is 15.0. The summed E-state index contributed by atoms with van der Waals surface area (Å²) in [6, 6.07) is 13.9. The molecule has 6 nitrogen and oxygen atoms in total. The van der Waals surface area contributed by atoms with Crippen LogP contribution in [0.25, 0.3) is 6.08 Å². The van der Waals surface area contributed by atoms with Crippen LogP contribution in [0, 0.1) is 0 Å². The first-order valence-electron chi connectivity index (χ1n) is 8.17. The standard InChI is InChI=1S/C20H22N2O4/c1-4-21-20(24)16(22-19(23)15-8-6-5-7-9-15)12-14-10-11-17(25-2)18(13-14)26-3/h5-13H,4H2,1-3H3,(H,21,24)(H,22,23)/b16-12-. The summed E-state index contributed by atoms with van der Waals surface area (Å²) in [5, 5.41) is 5.37. The van der Waals surface area contributed by atoms with Crippen molar-refractivity contribution < 1.29 is 19.1 Å². The third kappa shape index (κ3) is 4.86. The normalized spacial score (nSPS) is 10.8. The molecule has 0 saturated heterocycles. The summed E-state index contributed by atoms with van der Waals surface area (Å²) in [7, 11) is 3.08. The molecular weight excluding hydrogens is 332 g/mol. The van der Waals surface area contributed by atoms with E-state index in [-0.39, 0.29) is 17.5 Å². The highest BCUT2D eigenvalue weighted by atomic mass is 16.5. The Morgan fingerprint density at radius 1 is 1.00 bits per heavy atom. The topological polar surface area (TPSA) is 76.7 Å². The van der Waals surface area contributed by atoms with Crippen LogP contribution in [0.15, 0.2) is 54.2 Å². The molecule has 0 fully saturated rings. The molecule has 0 aliphatic carbocycles. The fourth-order valence-corrected chi connectivity index (χ4v) is 2.31. The number of amides is 2. The Kier molecular flexibility index (Phi) is 6.79. The summed E-state index contributed by atoms with van der Waals surface area (Å²) in [6.45, 7) is 2.26. The minimum Gasteiger partial charge on any atom is -0.493 e. The van der Waals surface area contributed by atoms with E-state index in [4.69, 9.17) is 9.47 Å². The van der Waals surface area contributed by atoms with E-state index in [0.29, 0.717) is 29.2 Å². The molecule has 0 heterocycles. The SMILES string of the molecule is CCNC(=O)/C(=C/c1ccc(OC)c(OC)c1)NC(=O)c1ccccc1. The second-order valence-corrected chi connectivity index (χ2v) is 5.35. The van der Waals surface area contributed by atoms with Crippen LogP contribution in [0.3, 0.4) is 0 Å². The third-order valence-corrected chi connectivity index (χ3v) is 3.58. The second kappa shape index (κ2) is 9.27. The van der Waals surface area contributed by atoms with Gasteiger partial charge in [-0.3, -0.25) is 9.59 Å². The highest BCUT2D eigenvalue weighted by Gasteiger charge is 2.14. The molecule has 0 radical (unpaired) electrons. The van der Waals surface area contributed by atoms with Gasteiger partial charge in [0, 0.05) is 12.1 Å². The molecule has 0 aliphatic heterocycles. The van der Waals surface area contributed by atoms with E-state index in [1.54, 1.807) is 55.7 Å². The molecule has 2 N–H and O–H groups in total. The minimum atomic E-state index is -0.369. The van der Waals surface area contributed by atoms with Crippen molar-refractivity contribution in [2.75, 3.05) is 20.8 Å². The van der Waals surface area contributed by atoms with Gasteiger partial charge in [0.05, 0.1) is 14.2 Å². The monoisotopic (exact) mass is 354 g/mol. The lowest BCUT2D eigenvalue weighted by molar-refractivity contribution is -0.117. The molecule has 6 heteroatoms. The quantitative estimate of drug-likeness (QED) is 0.750. The molecule has 0 saturated carbocycles. The average Bonchev–Trinajstić information content (AvgIpc) is 2.68. The van der Waals surface area contributed by atoms with E-state index in [0.717, 1.165) is 0 Å². The molecule has 2 aromatic rings. The highest BCUT2D eigenvalue weighted by Crippen LogP contribution is 2.28. The van der Waals surface area contributed by atoms with Crippen molar-refractivity contribution in [2.45, 2.75) is 6.92 Å². The van der Waals surface area contributed by atoms with Crippen molar-refractivity contribution in [3.05, 3.63) is 65.4 Å². The van der Waals surface area contributed by atoms with Crippen LogP contribution >= 0.6 is 0 Å². The van der Waals surface area contributed by atoms with Crippen molar-refractivity contribution >= 4 is 17.9 Å². The van der Waals surface area contributed by atoms with E-state index in [1.807, 2.05) is 13.0 Å². The summed E-state index contributed by atoms with van der Waals surface area (Å²) in [5.41, 5.74) is 1.31. The summed E-state index contributed by atoms with van der Waals surface area (Å²) in [4.78, 5) is 24.7. The molecule has 136 valence electrons. The second-order valence-electron chi connectivity index (χ2n) is 5.35. The smallest absolute Gasteiger partial charge is 0.267 e. The zero-order valence-electron chi connectivity index (χ0n) is 15.0. The van der Waals surface area contributed by atoms with Gasteiger partial charge in [0.25, 0.3) is 11.8 Å². The fraction of sp³-hybridized carbons (Fsp3) is 0.200. The predicted octanol–water partition coefficient (Wildman–Crippen LogP) is 2.61. The Hall–Kier alpha value is -3.28. The van der Waals surface area contributed by atoms with Gasteiger partial charge >= 0.3 is 0 Å². The minimum absolute atomic E-state index is 0.146. The number of carbonyl (C=O) groups is 2. The third-order valence-electron chi connectivity index (χ3n) is 3.58. The Morgan fingerprint density at radius 3 is 2.31 bits per heavy atom. The molecule has 0 aliphatic rings. The van der Waals surface area contributed by atoms with E-state index in [2.05, 4.69) is 10.6 Å². The maximum Gasteiger partial charge on any atom is 0.267 e. The Balaban J connectivity index is 2.33. The van der Waals surface area contributed by atoms with Gasteiger partial charge in [0.15, 0.2) is 11.5 Å². The lowest BCUT2D eigenvalue weighted by Crippen LogP contribution is -2.34. The van der Waals surface area contributed by atoms with Gasteiger partial charge in [-0.15, -0.1) is 0 Å². The number of carbonyl (C=O) groups excluding carboxylic acids is 2. The van der Waals surface area contributed by atoms with E-state index in [9.17, 15) is 9.59 Å². The molecule has 0 spiro atoms. The van der Waals surface area contributed by atoms with Crippen molar-refractivity contribution in [3.8, 4) is 11.5 Å². The van der Waals surface area contributed by atoms with E-state index >= 15 is 0 Å². The van der Waals surface area contributed by atoms with Gasteiger partial charge in [0.1, 0.15) is 5.70 Å². The molecule has 2 rings (SSSR count). The number of nitrogens with one attached hydrogen (secondary N) is 2. The van der Waals surface area contributed by atoms with Crippen LogP contribution in [0.4, 0.5) is 0 Å². The molecule has 2 aromatic carbocycles. The van der Waals surface area contributed by atoms with Gasteiger partial charge in [-0.25, -0.2) is 0 Å². The fourth-order valence-electron chi connectivity index (χ4n) is 2.31. The number of methoxy groups -OCH3 is 2. The molecule has 0 bridgehead atoms. The number of hydrogen-bond acceptors (Lipinski definition) is 4. The maximum absolute atomic E-state index is 12.4. The van der Waals surface area contributed by atoms with Crippen LogP contribution < -0.4 is 20.1 Å². The number of ether oxygens (including phenoxy) is 2. The van der Waals surface area contributed by atoms with Gasteiger partial charge in [-0.05, 0) is 42.8 Å². The first kappa shape index (κ1) is 19.1. The van der Waals surface area contributed by atoms with Gasteiger partial charge < -0.3 is 20.1 Å². The van der Waals surface area contributed by atoms with Crippen LogP contribution in [-0.4, -0.2) is 32.6 Å². The van der Waals surface area contributed by atoms with Crippen molar-refractivity contribution in [2.24, 2.45) is 0 Å². The summed E-state index contributed by atoms with van der Waals surface area (Å²) >= 11 is 0. The Bertz CT molecular complexity index is 801. The lowest BCUT2D eigenvalue weighted by Gasteiger charge is -2.11. The highest BCUT2D eigenvalue weighted by molar-refractivity contribution is 6.05. The van der Waals surface area contributed by atoms with Gasteiger partial charge in [-0.2, -0.15) is 0 Å². The molecular formula is C20H22N2O4. The molecule has 0 aromatic heterocycles. The first-order valence-corrected chi connectivity index (χ1v) is 8.17. The summed E-state index contributed by atoms with van der Waals surface area (Å²) < 4.78 is 10.5. The van der Waals surface area contributed by atoms with Crippen molar-refractivity contribution in [1.29, 1.82) is 0 Å². The summed E-state index contributed by atoms with van der Waals surface area (Å²) in [5.74, 6) is 0.388. The Morgan fingerprint density at radius 2 is 1.69 bits per heavy atom. The number of likely N-dealkylation sites (N-methyl/N-ethyl adjacent to an activating group) is 1. The predicted molar refractivity (Wildman–Crippen MR) is 100 cm³/mol. The molecule has 0 atom stereocenters. The number of benzene rings is 2. The van der Waals surface area contributed by atoms with E-state index in [1.165, 1.54) is 7.11 Å². The van der Waals surface area contributed by atoms with Crippen LogP contribution in [-0.2, 0) is 4.79 Å². The van der Waals surface area contributed by atoms with Gasteiger partial charge in [-0.1, -0.05) is 24.3 Å². The molecule has 26 heavy (non-hydrogen) atoms. The average molecular weight is 354 g/mol. The van der Waals surface area contributed by atoms with E-state index < -0.39 is 0 Å². The molecule has 2 amide bonds. The Labute approximate surface area is 152 Å². The van der Waals surface area contributed by atoms with Crippen LogP contribution in [0.1, 0.15) is 22.8 Å². The van der Waals surface area contributed by atoms with Crippen LogP contribution in [0.2, 0.25) is 0 Å². The van der Waals surface area contributed by atoms with Crippen LogP contribution in [0.5, 0.6) is 11.5 Å². The zero-order chi connectivity index (χ0) is 18.9. The lowest BCUT2D eigenvalue weighted by atomic mass is 10.1. The summed E-state index contributed by atoms with van der Waals surface area (Å²) in [6.07, 6.45) is 1.59. The van der Waals surface area contributed by atoms with Crippen molar-refractivity contribution in [3.63, 3.8) is 0 Å². The maximum atomic E-state index is 12.4.